The molecule has 23 heavy (non-hydrogen) atoms. The van der Waals surface area contributed by atoms with E-state index in [2.05, 4.69) is 15.6 Å². The molecule has 1 aliphatic heterocycles. The minimum absolute atomic E-state index is 0.147. The van der Waals surface area contributed by atoms with Crippen molar-refractivity contribution in [2.24, 2.45) is 0 Å². The van der Waals surface area contributed by atoms with Gasteiger partial charge in [-0.1, -0.05) is 5.21 Å². The minimum atomic E-state index is -1.04. The molecule has 0 unspecified atom stereocenters. The van der Waals surface area contributed by atoms with Crippen LogP contribution in [0.3, 0.4) is 0 Å². The second-order valence-corrected chi connectivity index (χ2v) is 5.26. The summed E-state index contributed by atoms with van der Waals surface area (Å²) in [6.07, 6.45) is 0.584. The van der Waals surface area contributed by atoms with Crippen molar-refractivity contribution in [2.45, 2.75) is 26.1 Å². The van der Waals surface area contributed by atoms with Gasteiger partial charge in [-0.3, -0.25) is 4.79 Å². The van der Waals surface area contributed by atoms with E-state index in [1.807, 2.05) is 6.92 Å². The molecule has 0 fully saturated rings. The summed E-state index contributed by atoms with van der Waals surface area (Å²) in [7, 11) is 0. The first kappa shape index (κ1) is 15.1. The smallest absolute Gasteiger partial charge is 0.314 e. The number of nitrogens with zero attached hydrogens (tertiary/aromatic N) is 4. The van der Waals surface area contributed by atoms with Crippen LogP contribution in [0.15, 0.2) is 18.2 Å². The van der Waals surface area contributed by atoms with Crippen molar-refractivity contribution in [2.75, 3.05) is 5.32 Å². The Labute approximate surface area is 129 Å². The first-order chi connectivity index (χ1) is 11.0. The highest BCUT2D eigenvalue weighted by molar-refractivity contribution is 5.89. The Balaban J connectivity index is 1.79. The zero-order chi connectivity index (χ0) is 16.6. The molecule has 1 atom stereocenters. The molecule has 2 aromatic rings. The van der Waals surface area contributed by atoms with Crippen LogP contribution in [0.4, 0.5) is 19.3 Å². The van der Waals surface area contributed by atoms with E-state index in [1.165, 1.54) is 11.0 Å². The summed E-state index contributed by atoms with van der Waals surface area (Å²) in [5, 5.41) is 10.1. The summed E-state index contributed by atoms with van der Waals surface area (Å²) in [4.78, 5) is 24.8. The van der Waals surface area contributed by atoms with E-state index in [1.54, 1.807) is 4.68 Å². The third-order valence-electron chi connectivity index (χ3n) is 3.70. The van der Waals surface area contributed by atoms with Crippen molar-refractivity contribution in [3.8, 4) is 0 Å². The number of halogens is 2. The van der Waals surface area contributed by atoms with Crippen molar-refractivity contribution in [3.63, 3.8) is 0 Å². The number of benzene rings is 1. The van der Waals surface area contributed by atoms with Crippen LogP contribution in [0, 0.1) is 11.6 Å². The van der Waals surface area contributed by atoms with Crippen molar-refractivity contribution in [1.29, 1.82) is 0 Å². The standard InChI is InChI=1S/C14H13F2N5O2/c1-8-5-21-13(12(7-22)18-19-21)6-20(8)14(23)17-9-2-3-10(15)11(16)4-9/h2-4,7-8H,5-6H2,1H3,(H,17,23)/t8-/m0/s1. The third-order valence-corrected chi connectivity index (χ3v) is 3.70. The number of hydrogen-bond donors (Lipinski definition) is 1. The van der Waals surface area contributed by atoms with Crippen LogP contribution < -0.4 is 5.32 Å². The predicted molar refractivity (Wildman–Crippen MR) is 75.8 cm³/mol. The molecule has 3 rings (SSSR count). The molecular weight excluding hydrogens is 308 g/mol. The Morgan fingerprint density at radius 3 is 2.87 bits per heavy atom. The Hall–Kier alpha value is -2.84. The molecule has 0 radical (unpaired) electrons. The van der Waals surface area contributed by atoms with E-state index in [0.717, 1.165) is 12.1 Å². The first-order valence-corrected chi connectivity index (χ1v) is 6.90. The van der Waals surface area contributed by atoms with E-state index in [9.17, 15) is 18.4 Å². The van der Waals surface area contributed by atoms with Crippen LogP contribution in [0.5, 0.6) is 0 Å². The first-order valence-electron chi connectivity index (χ1n) is 6.90. The van der Waals surface area contributed by atoms with Gasteiger partial charge >= 0.3 is 6.03 Å². The van der Waals surface area contributed by atoms with Gasteiger partial charge in [0, 0.05) is 11.8 Å². The molecule has 1 aromatic heterocycles. The number of aromatic nitrogens is 3. The maximum atomic E-state index is 13.2. The highest BCUT2D eigenvalue weighted by Gasteiger charge is 2.30. The number of fused-ring (bicyclic) bond motifs is 1. The lowest BCUT2D eigenvalue weighted by Gasteiger charge is -2.33. The fourth-order valence-corrected chi connectivity index (χ4v) is 2.45. The van der Waals surface area contributed by atoms with Crippen molar-refractivity contribution >= 4 is 18.0 Å². The second kappa shape index (κ2) is 5.75. The number of anilines is 1. The lowest BCUT2D eigenvalue weighted by Crippen LogP contribution is -2.47. The molecule has 120 valence electrons. The maximum absolute atomic E-state index is 13.2. The summed E-state index contributed by atoms with van der Waals surface area (Å²) in [5.74, 6) is -2.03. The summed E-state index contributed by atoms with van der Waals surface area (Å²) in [6, 6.07) is 2.44. The van der Waals surface area contributed by atoms with Gasteiger partial charge in [0.1, 0.15) is 0 Å². The number of nitrogens with one attached hydrogen (secondary N) is 1. The lowest BCUT2D eigenvalue weighted by molar-refractivity contribution is 0.111. The van der Waals surface area contributed by atoms with Gasteiger partial charge in [0.05, 0.1) is 24.8 Å². The van der Waals surface area contributed by atoms with Crippen molar-refractivity contribution in [3.05, 3.63) is 41.2 Å². The van der Waals surface area contributed by atoms with Crippen LogP contribution >= 0.6 is 0 Å². The van der Waals surface area contributed by atoms with E-state index in [4.69, 9.17) is 0 Å². The highest BCUT2D eigenvalue weighted by Crippen LogP contribution is 2.20. The Kier molecular flexibility index (Phi) is 3.77. The lowest BCUT2D eigenvalue weighted by atomic mass is 10.2. The Morgan fingerprint density at radius 2 is 2.17 bits per heavy atom. The molecule has 9 heteroatoms. The van der Waals surface area contributed by atoms with Gasteiger partial charge in [-0.15, -0.1) is 5.10 Å². The molecule has 0 bridgehead atoms. The van der Waals surface area contributed by atoms with Crippen LogP contribution in [0.25, 0.3) is 0 Å². The van der Waals surface area contributed by atoms with Crippen molar-refractivity contribution < 1.29 is 18.4 Å². The molecule has 7 nitrogen and oxygen atoms in total. The molecule has 0 saturated carbocycles. The number of carbonyl (C=O) groups is 2. The van der Waals surface area contributed by atoms with Crippen molar-refractivity contribution in [1.82, 2.24) is 19.9 Å². The molecule has 0 spiro atoms. The molecular formula is C14H13F2N5O2. The van der Waals surface area contributed by atoms with E-state index in [-0.39, 0.29) is 24.0 Å². The van der Waals surface area contributed by atoms with Gasteiger partial charge in [0.25, 0.3) is 0 Å². The van der Waals surface area contributed by atoms with Gasteiger partial charge in [-0.25, -0.2) is 18.3 Å². The summed E-state index contributed by atoms with van der Waals surface area (Å²) in [5.41, 5.74) is 0.870. The number of carbonyl (C=O) groups excluding carboxylic acids is 2. The molecule has 1 aromatic carbocycles. The predicted octanol–water partition coefficient (Wildman–Crippen LogP) is 1.80. The van der Waals surface area contributed by atoms with Gasteiger partial charge in [0.15, 0.2) is 23.6 Å². The average molecular weight is 321 g/mol. The summed E-state index contributed by atoms with van der Waals surface area (Å²) in [6.45, 7) is 2.36. The average Bonchev–Trinajstić information content (AvgIpc) is 2.91. The van der Waals surface area contributed by atoms with E-state index in [0.29, 0.717) is 18.5 Å². The van der Waals surface area contributed by atoms with Gasteiger partial charge in [0.2, 0.25) is 0 Å². The van der Waals surface area contributed by atoms with E-state index >= 15 is 0 Å². The second-order valence-electron chi connectivity index (χ2n) is 5.26. The zero-order valence-electron chi connectivity index (χ0n) is 12.2. The highest BCUT2D eigenvalue weighted by atomic mass is 19.2. The zero-order valence-corrected chi connectivity index (χ0v) is 12.2. The normalized spacial score (nSPS) is 16.8. The van der Waals surface area contributed by atoms with Crippen LogP contribution in [-0.2, 0) is 13.1 Å². The number of amides is 2. The maximum Gasteiger partial charge on any atom is 0.322 e. The van der Waals surface area contributed by atoms with Gasteiger partial charge < -0.3 is 10.2 Å². The third kappa shape index (κ3) is 2.77. The molecule has 2 amide bonds. The molecule has 1 aliphatic rings. The monoisotopic (exact) mass is 321 g/mol. The fraction of sp³-hybridized carbons (Fsp3) is 0.286. The van der Waals surface area contributed by atoms with Crippen LogP contribution in [-0.4, -0.2) is 38.3 Å². The van der Waals surface area contributed by atoms with Gasteiger partial charge in [-0.05, 0) is 19.1 Å². The van der Waals surface area contributed by atoms with E-state index < -0.39 is 17.7 Å². The number of urea groups is 1. The molecule has 1 N–H and O–H groups in total. The molecule has 2 heterocycles. The summed E-state index contributed by atoms with van der Waals surface area (Å²) >= 11 is 0. The SMILES string of the molecule is C[C@H]1Cn2nnc(C=O)c2CN1C(=O)Nc1ccc(F)c(F)c1. The minimum Gasteiger partial charge on any atom is -0.314 e. The Morgan fingerprint density at radius 1 is 1.39 bits per heavy atom. The largest absolute Gasteiger partial charge is 0.322 e. The topological polar surface area (TPSA) is 80.1 Å². The number of hydrogen-bond acceptors (Lipinski definition) is 4. The molecule has 0 aliphatic carbocycles. The fourth-order valence-electron chi connectivity index (χ4n) is 2.45. The Bertz CT molecular complexity index is 777. The number of rotatable bonds is 2. The van der Waals surface area contributed by atoms with Crippen LogP contribution in [0.1, 0.15) is 23.1 Å². The van der Waals surface area contributed by atoms with Crippen LogP contribution in [0.2, 0.25) is 0 Å². The number of aldehydes is 1. The quantitative estimate of drug-likeness (QED) is 0.856. The molecule has 0 saturated heterocycles. The summed E-state index contributed by atoms with van der Waals surface area (Å²) < 4.78 is 27.7. The van der Waals surface area contributed by atoms with Gasteiger partial charge in [-0.2, -0.15) is 0 Å².